The highest BCUT2D eigenvalue weighted by atomic mass is 79.9. The maximum atomic E-state index is 12.2. The Labute approximate surface area is 133 Å². The van der Waals surface area contributed by atoms with Crippen molar-refractivity contribution in [3.8, 4) is 0 Å². The molecule has 0 spiro atoms. The first-order chi connectivity index (χ1) is 10.00. The molecule has 0 atom stereocenters. The molecule has 1 heterocycles. The molecule has 1 N–H and O–H groups in total. The molecule has 1 fully saturated rings. The third-order valence-corrected chi connectivity index (χ3v) is 5.10. The average Bonchev–Trinajstić information content (AvgIpc) is 2.40. The molecule has 118 valence electrons. The molecule has 6 nitrogen and oxygen atoms in total. The van der Waals surface area contributed by atoms with Gasteiger partial charge in [-0.05, 0) is 49.3 Å². The van der Waals surface area contributed by atoms with Crippen molar-refractivity contribution in [2.45, 2.75) is 31.3 Å². The molecule has 0 aliphatic heterocycles. The zero-order valence-electron chi connectivity index (χ0n) is 12.9. The highest BCUT2D eigenvalue weighted by Crippen LogP contribution is 2.36. The van der Waals surface area contributed by atoms with Crippen LogP contribution in [0.3, 0.4) is 0 Å². The van der Waals surface area contributed by atoms with Crippen molar-refractivity contribution in [1.82, 2.24) is 14.7 Å². The molecule has 2 rings (SSSR count). The summed E-state index contributed by atoms with van der Waals surface area (Å²) in [6.45, 7) is 1.74. The van der Waals surface area contributed by atoms with Crippen molar-refractivity contribution in [2.24, 2.45) is 0 Å². The molecule has 0 aromatic carbocycles. The summed E-state index contributed by atoms with van der Waals surface area (Å²) >= 11 is 3.38. The fraction of sp³-hybridized carbons (Fsp3) is 0.714. The number of hydrogen-bond acceptors (Lipinski definition) is 5. The summed E-state index contributed by atoms with van der Waals surface area (Å²) in [7, 11) is 5.82. The molecule has 0 amide bonds. The third kappa shape index (κ3) is 3.46. The molecule has 0 bridgehead atoms. The molecule has 1 aliphatic rings. The molecule has 0 saturated heterocycles. The van der Waals surface area contributed by atoms with E-state index in [9.17, 15) is 4.79 Å². The summed E-state index contributed by atoms with van der Waals surface area (Å²) in [5, 5.41) is 7.55. The lowest BCUT2D eigenvalue weighted by molar-refractivity contribution is 0.0739. The molecular formula is C14H23BrN4O2. The molecule has 1 aromatic rings. The van der Waals surface area contributed by atoms with Crippen LogP contribution in [0, 0.1) is 0 Å². The minimum atomic E-state index is -0.135. The lowest BCUT2D eigenvalue weighted by Crippen LogP contribution is -2.54. The monoisotopic (exact) mass is 358 g/mol. The number of halogens is 1. The number of rotatable bonds is 7. The van der Waals surface area contributed by atoms with E-state index < -0.39 is 0 Å². The quantitative estimate of drug-likeness (QED) is 0.801. The molecule has 0 unspecified atom stereocenters. The number of nitrogens with zero attached hydrogens (tertiary/aromatic N) is 3. The number of ether oxygens (including phenoxy) is 1. The highest BCUT2D eigenvalue weighted by Gasteiger charge is 2.38. The van der Waals surface area contributed by atoms with Gasteiger partial charge in [0.15, 0.2) is 0 Å². The summed E-state index contributed by atoms with van der Waals surface area (Å²) in [5.41, 5.74) is 0.816. The Balaban J connectivity index is 2.07. The van der Waals surface area contributed by atoms with Crippen molar-refractivity contribution < 1.29 is 4.74 Å². The van der Waals surface area contributed by atoms with Crippen molar-refractivity contribution in [3.05, 3.63) is 21.0 Å². The first kappa shape index (κ1) is 16.5. The van der Waals surface area contributed by atoms with E-state index in [-0.39, 0.29) is 11.1 Å². The van der Waals surface area contributed by atoms with Crippen LogP contribution < -0.4 is 10.9 Å². The molecular weight excluding hydrogens is 336 g/mol. The lowest BCUT2D eigenvalue weighted by atomic mass is 9.75. The zero-order valence-corrected chi connectivity index (χ0v) is 14.4. The summed E-state index contributed by atoms with van der Waals surface area (Å²) in [6.07, 6.45) is 5.33. The number of hydrogen-bond donors (Lipinski definition) is 1. The molecule has 7 heteroatoms. The van der Waals surface area contributed by atoms with Crippen LogP contribution in [0.5, 0.6) is 0 Å². The fourth-order valence-electron chi connectivity index (χ4n) is 2.55. The van der Waals surface area contributed by atoms with Gasteiger partial charge in [-0.3, -0.25) is 4.79 Å². The van der Waals surface area contributed by atoms with Gasteiger partial charge in [0.2, 0.25) is 0 Å². The molecule has 0 radical (unpaired) electrons. The Kier molecular flexibility index (Phi) is 5.40. The van der Waals surface area contributed by atoms with Gasteiger partial charge in [-0.1, -0.05) is 0 Å². The molecule has 1 aromatic heterocycles. The van der Waals surface area contributed by atoms with Crippen LogP contribution in [0.1, 0.15) is 19.3 Å². The Bertz CT molecular complexity index is 540. The summed E-state index contributed by atoms with van der Waals surface area (Å²) in [5.74, 6) is 0. The maximum absolute atomic E-state index is 12.2. The van der Waals surface area contributed by atoms with E-state index in [0.29, 0.717) is 17.6 Å². The van der Waals surface area contributed by atoms with E-state index in [1.165, 1.54) is 23.9 Å². The Morgan fingerprint density at radius 1 is 1.52 bits per heavy atom. The number of methoxy groups -OCH3 is 1. The smallest absolute Gasteiger partial charge is 0.283 e. The first-order valence-electron chi connectivity index (χ1n) is 7.16. The van der Waals surface area contributed by atoms with Gasteiger partial charge in [-0.25, -0.2) is 4.68 Å². The van der Waals surface area contributed by atoms with Crippen molar-refractivity contribution >= 4 is 21.6 Å². The highest BCUT2D eigenvalue weighted by molar-refractivity contribution is 9.10. The normalized spacial score (nSPS) is 16.8. The molecule has 1 saturated carbocycles. The average molecular weight is 359 g/mol. The van der Waals surface area contributed by atoms with E-state index in [0.717, 1.165) is 12.2 Å². The number of anilines is 1. The topological polar surface area (TPSA) is 59.4 Å². The lowest BCUT2D eigenvalue weighted by Gasteiger charge is -2.47. The van der Waals surface area contributed by atoms with Crippen molar-refractivity contribution in [2.75, 3.05) is 39.7 Å². The third-order valence-electron chi connectivity index (χ3n) is 4.33. The number of likely N-dealkylation sites (N-methyl/N-ethyl adjacent to an activating group) is 1. The second-order valence-corrected chi connectivity index (χ2v) is 6.51. The van der Waals surface area contributed by atoms with Crippen molar-refractivity contribution in [1.29, 1.82) is 0 Å². The van der Waals surface area contributed by atoms with E-state index in [1.807, 2.05) is 0 Å². The van der Waals surface area contributed by atoms with E-state index in [4.69, 9.17) is 4.74 Å². The van der Waals surface area contributed by atoms with Gasteiger partial charge < -0.3 is 15.0 Å². The van der Waals surface area contributed by atoms with Gasteiger partial charge in [0, 0.05) is 19.2 Å². The predicted octanol–water partition coefficient (Wildman–Crippen LogP) is 1.55. The van der Waals surface area contributed by atoms with Crippen LogP contribution >= 0.6 is 15.9 Å². The van der Waals surface area contributed by atoms with Crippen LogP contribution in [0.15, 0.2) is 15.5 Å². The van der Waals surface area contributed by atoms with Gasteiger partial charge in [-0.15, -0.1) is 0 Å². The summed E-state index contributed by atoms with van der Waals surface area (Å²) < 4.78 is 6.91. The molecule has 21 heavy (non-hydrogen) atoms. The summed E-state index contributed by atoms with van der Waals surface area (Å²) in [4.78, 5) is 14.5. The molecule has 1 aliphatic carbocycles. The second-order valence-electron chi connectivity index (χ2n) is 5.72. The standard InChI is InChI=1S/C14H23BrN4O2/c1-18(2)14(5-4-6-14)10-16-11-9-17-19(7-8-21-3)13(20)12(11)15/h9,16H,4-8,10H2,1-3H3. The van der Waals surface area contributed by atoms with E-state index in [1.54, 1.807) is 13.3 Å². The van der Waals surface area contributed by atoms with Gasteiger partial charge in [0.25, 0.3) is 5.56 Å². The minimum Gasteiger partial charge on any atom is -0.383 e. The van der Waals surface area contributed by atoms with E-state index >= 15 is 0 Å². The van der Waals surface area contributed by atoms with E-state index in [2.05, 4.69) is 45.3 Å². The Morgan fingerprint density at radius 3 is 2.76 bits per heavy atom. The van der Waals surface area contributed by atoms with Gasteiger partial charge >= 0.3 is 0 Å². The van der Waals surface area contributed by atoms with Gasteiger partial charge in [0.05, 0.1) is 25.0 Å². The zero-order chi connectivity index (χ0) is 15.5. The summed E-state index contributed by atoms with van der Waals surface area (Å²) in [6, 6.07) is 0. The fourth-order valence-corrected chi connectivity index (χ4v) is 3.00. The number of aromatic nitrogens is 2. The van der Waals surface area contributed by atoms with Gasteiger partial charge in [-0.2, -0.15) is 5.10 Å². The largest absolute Gasteiger partial charge is 0.383 e. The van der Waals surface area contributed by atoms with Crippen LogP contribution in [-0.2, 0) is 11.3 Å². The van der Waals surface area contributed by atoms with Crippen molar-refractivity contribution in [3.63, 3.8) is 0 Å². The van der Waals surface area contributed by atoms with Gasteiger partial charge in [0.1, 0.15) is 4.47 Å². The SMILES string of the molecule is COCCn1ncc(NCC2(N(C)C)CCC2)c(Br)c1=O. The Hall–Kier alpha value is -0.920. The van der Waals surface area contributed by atoms with Crippen LogP contribution in [0.25, 0.3) is 0 Å². The predicted molar refractivity (Wildman–Crippen MR) is 86.8 cm³/mol. The second kappa shape index (κ2) is 6.89. The number of nitrogens with one attached hydrogen (secondary N) is 1. The minimum absolute atomic E-state index is 0.135. The Morgan fingerprint density at radius 2 is 2.24 bits per heavy atom. The van der Waals surface area contributed by atoms with Crippen LogP contribution in [0.2, 0.25) is 0 Å². The van der Waals surface area contributed by atoms with Crippen LogP contribution in [-0.4, -0.2) is 54.6 Å². The first-order valence-corrected chi connectivity index (χ1v) is 7.95. The van der Waals surface area contributed by atoms with Crippen LogP contribution in [0.4, 0.5) is 5.69 Å². The maximum Gasteiger partial charge on any atom is 0.283 e.